The van der Waals surface area contributed by atoms with Gasteiger partial charge in [-0.05, 0) is 36.9 Å². The Morgan fingerprint density at radius 3 is 2.57 bits per heavy atom. The highest BCUT2D eigenvalue weighted by Gasteiger charge is 2.24. The molecule has 2 N–H and O–H groups in total. The van der Waals surface area contributed by atoms with Gasteiger partial charge in [-0.3, -0.25) is 4.90 Å². The van der Waals surface area contributed by atoms with Gasteiger partial charge in [0.15, 0.2) is 0 Å². The third kappa shape index (κ3) is 5.72. The van der Waals surface area contributed by atoms with Crippen LogP contribution >= 0.6 is 0 Å². The summed E-state index contributed by atoms with van der Waals surface area (Å²) in [5, 5.41) is 6.31. The minimum Gasteiger partial charge on any atom is -0.375 e. The number of likely N-dealkylation sites (N-methyl/N-ethyl adjacent to an activating group) is 1. The zero-order chi connectivity index (χ0) is 24.0. The predicted octanol–water partition coefficient (Wildman–Crippen LogP) is 3.82. The minimum absolute atomic E-state index is 0.116. The van der Waals surface area contributed by atoms with E-state index in [2.05, 4.69) is 56.7 Å². The van der Waals surface area contributed by atoms with Gasteiger partial charge in [-0.15, -0.1) is 0 Å². The van der Waals surface area contributed by atoms with Crippen LogP contribution in [0.4, 0.5) is 27.7 Å². The van der Waals surface area contributed by atoms with E-state index in [4.69, 9.17) is 4.74 Å². The maximum absolute atomic E-state index is 12.6. The first-order chi connectivity index (χ1) is 17.2. The molecule has 5 rings (SSSR count). The number of anilines is 4. The lowest BCUT2D eigenvalue weighted by atomic mass is 10.1. The van der Waals surface area contributed by atoms with Gasteiger partial charge >= 0.3 is 6.03 Å². The van der Waals surface area contributed by atoms with E-state index in [0.717, 1.165) is 48.7 Å². The molecule has 2 aliphatic heterocycles. The number of nitrogens with zero attached hydrogens (tertiary/aromatic N) is 4. The fourth-order valence-electron chi connectivity index (χ4n) is 4.41. The zero-order valence-electron chi connectivity index (χ0n) is 20.1. The summed E-state index contributed by atoms with van der Waals surface area (Å²) in [5.41, 5.74) is 5.17. The van der Waals surface area contributed by atoms with E-state index in [1.165, 1.54) is 5.69 Å². The molecule has 182 valence electrons. The van der Waals surface area contributed by atoms with E-state index in [0.29, 0.717) is 32.1 Å². The molecule has 3 heterocycles. The Labute approximate surface area is 206 Å². The number of hydrogen-bond acceptors (Lipinski definition) is 6. The molecule has 2 aromatic carbocycles. The first kappa shape index (κ1) is 23.1. The summed E-state index contributed by atoms with van der Waals surface area (Å²) in [6.07, 6.45) is 1.83. The monoisotopic (exact) mass is 472 g/mol. The van der Waals surface area contributed by atoms with E-state index in [1.54, 1.807) is 4.90 Å². The highest BCUT2D eigenvalue weighted by molar-refractivity contribution is 5.95. The normalized spacial score (nSPS) is 16.1. The molecule has 1 fully saturated rings. The van der Waals surface area contributed by atoms with Crippen molar-refractivity contribution in [2.45, 2.75) is 13.2 Å². The molecule has 3 aromatic rings. The Balaban J connectivity index is 1.22. The van der Waals surface area contributed by atoms with Crippen LogP contribution in [0.3, 0.4) is 0 Å². The van der Waals surface area contributed by atoms with Gasteiger partial charge in [-0.2, -0.15) is 0 Å². The van der Waals surface area contributed by atoms with Crippen molar-refractivity contribution in [3.05, 3.63) is 78.0 Å². The fourth-order valence-corrected chi connectivity index (χ4v) is 4.41. The lowest BCUT2D eigenvalue weighted by Gasteiger charge is -2.34. The molecule has 0 spiro atoms. The number of ether oxygens (including phenoxy) is 1. The number of amides is 2. The first-order valence-corrected chi connectivity index (χ1v) is 12.1. The molecule has 1 saturated heterocycles. The summed E-state index contributed by atoms with van der Waals surface area (Å²) < 4.78 is 5.82. The van der Waals surface area contributed by atoms with Crippen molar-refractivity contribution < 1.29 is 9.53 Å². The van der Waals surface area contributed by atoms with Gasteiger partial charge in [-0.25, -0.2) is 9.78 Å². The van der Waals surface area contributed by atoms with Crippen LogP contribution in [0.1, 0.15) is 11.1 Å². The number of hydrogen-bond donors (Lipinski definition) is 2. The molecule has 2 aliphatic rings. The molecule has 0 saturated carbocycles. The van der Waals surface area contributed by atoms with E-state index in [-0.39, 0.29) is 6.03 Å². The smallest absolute Gasteiger partial charge is 0.322 e. The Morgan fingerprint density at radius 2 is 1.80 bits per heavy atom. The number of carbonyl (C=O) groups excluding carboxylic acids is 1. The third-order valence-electron chi connectivity index (χ3n) is 6.51. The van der Waals surface area contributed by atoms with Gasteiger partial charge in [0.25, 0.3) is 0 Å². The number of rotatable bonds is 8. The van der Waals surface area contributed by atoms with Crippen LogP contribution in [0.25, 0.3) is 0 Å². The number of nitrogens with one attached hydrogen (secondary N) is 2. The summed E-state index contributed by atoms with van der Waals surface area (Å²) >= 11 is 0. The van der Waals surface area contributed by atoms with Gasteiger partial charge in [-0.1, -0.05) is 30.3 Å². The van der Waals surface area contributed by atoms with Crippen molar-refractivity contribution in [2.24, 2.45) is 0 Å². The van der Waals surface area contributed by atoms with Crippen molar-refractivity contribution in [3.8, 4) is 0 Å². The standard InChI is InChI=1S/C27H32N6O2/c1-31-11-13-32(14-12-31)24-9-7-23(8-10-24)30-26-17-25-22(18-28-26)19-29-27(34)33(25)15-16-35-20-21-5-3-2-4-6-21/h2-10,17-18H,11-16,19-20H2,1H3,(H,28,30)(H,29,34). The largest absolute Gasteiger partial charge is 0.375 e. The number of urea groups is 1. The van der Waals surface area contributed by atoms with Crippen molar-refractivity contribution in [3.63, 3.8) is 0 Å². The van der Waals surface area contributed by atoms with Crippen LogP contribution < -0.4 is 20.4 Å². The maximum atomic E-state index is 12.6. The third-order valence-corrected chi connectivity index (χ3v) is 6.51. The molecule has 35 heavy (non-hydrogen) atoms. The second kappa shape index (κ2) is 10.8. The second-order valence-corrected chi connectivity index (χ2v) is 9.01. The van der Waals surface area contributed by atoms with E-state index < -0.39 is 0 Å². The van der Waals surface area contributed by atoms with Crippen molar-refractivity contribution in [2.75, 3.05) is 61.5 Å². The lowest BCUT2D eigenvalue weighted by Crippen LogP contribution is -2.45. The topological polar surface area (TPSA) is 73.0 Å². The molecule has 0 atom stereocenters. The molecule has 8 heteroatoms. The molecule has 0 aliphatic carbocycles. The molecule has 0 unspecified atom stereocenters. The highest BCUT2D eigenvalue weighted by Crippen LogP contribution is 2.28. The van der Waals surface area contributed by atoms with E-state index >= 15 is 0 Å². The van der Waals surface area contributed by atoms with Crippen molar-refractivity contribution >= 4 is 28.9 Å². The van der Waals surface area contributed by atoms with Gasteiger partial charge in [0.05, 0.1) is 25.4 Å². The van der Waals surface area contributed by atoms with Crippen LogP contribution in [0.2, 0.25) is 0 Å². The van der Waals surface area contributed by atoms with Crippen LogP contribution in [0, 0.1) is 0 Å². The molecule has 0 bridgehead atoms. The molecule has 8 nitrogen and oxygen atoms in total. The number of aromatic nitrogens is 1. The van der Waals surface area contributed by atoms with Crippen molar-refractivity contribution in [1.82, 2.24) is 15.2 Å². The summed E-state index contributed by atoms with van der Waals surface area (Å²) in [6.45, 7) is 6.17. The van der Waals surface area contributed by atoms with Crippen LogP contribution in [0.5, 0.6) is 0 Å². The van der Waals surface area contributed by atoms with E-state index in [1.807, 2.05) is 42.6 Å². The highest BCUT2D eigenvalue weighted by atomic mass is 16.5. The fraction of sp³-hybridized carbons (Fsp3) is 0.333. The Hall–Kier alpha value is -3.62. The molecule has 1 aromatic heterocycles. The maximum Gasteiger partial charge on any atom is 0.322 e. The average Bonchev–Trinajstić information content (AvgIpc) is 2.89. The molecular weight excluding hydrogens is 440 g/mol. The van der Waals surface area contributed by atoms with Crippen LogP contribution in [0.15, 0.2) is 66.9 Å². The van der Waals surface area contributed by atoms with Gasteiger partial charge < -0.3 is 25.2 Å². The summed E-state index contributed by atoms with van der Waals surface area (Å²) in [7, 11) is 2.17. The summed E-state index contributed by atoms with van der Waals surface area (Å²) in [6, 6.07) is 20.3. The van der Waals surface area contributed by atoms with E-state index in [9.17, 15) is 4.79 Å². The Morgan fingerprint density at radius 1 is 1.03 bits per heavy atom. The molecule has 0 radical (unpaired) electrons. The number of benzene rings is 2. The van der Waals surface area contributed by atoms with Gasteiger partial charge in [0.2, 0.25) is 0 Å². The SMILES string of the molecule is CN1CCN(c2ccc(Nc3cc4c(cn3)CNC(=O)N4CCOCc3ccccc3)cc2)CC1. The Bertz CT molecular complexity index is 1130. The van der Waals surface area contributed by atoms with Crippen molar-refractivity contribution in [1.29, 1.82) is 0 Å². The quantitative estimate of drug-likeness (QED) is 0.486. The number of pyridine rings is 1. The number of carbonyl (C=O) groups is 1. The number of piperazine rings is 1. The zero-order valence-corrected chi connectivity index (χ0v) is 20.1. The Kier molecular flexibility index (Phi) is 7.11. The second-order valence-electron chi connectivity index (χ2n) is 9.01. The van der Waals surface area contributed by atoms with Gasteiger partial charge in [0.1, 0.15) is 5.82 Å². The minimum atomic E-state index is -0.116. The molecular formula is C27H32N6O2. The summed E-state index contributed by atoms with van der Waals surface area (Å²) in [5.74, 6) is 0.709. The average molecular weight is 473 g/mol. The molecule has 2 amide bonds. The summed E-state index contributed by atoms with van der Waals surface area (Å²) in [4.78, 5) is 23.7. The number of fused-ring (bicyclic) bond motifs is 1. The van der Waals surface area contributed by atoms with Gasteiger partial charge in [0, 0.05) is 61.9 Å². The first-order valence-electron chi connectivity index (χ1n) is 12.1. The lowest BCUT2D eigenvalue weighted by molar-refractivity contribution is 0.127. The van der Waals surface area contributed by atoms with Crippen LogP contribution in [-0.4, -0.2) is 62.3 Å². The predicted molar refractivity (Wildman–Crippen MR) is 139 cm³/mol. The van der Waals surface area contributed by atoms with Crippen LogP contribution in [-0.2, 0) is 17.9 Å².